The summed E-state index contributed by atoms with van der Waals surface area (Å²) >= 11 is 0. The fourth-order valence-electron chi connectivity index (χ4n) is 2.35. The number of amides is 1. The summed E-state index contributed by atoms with van der Waals surface area (Å²) in [7, 11) is 1.59. The quantitative estimate of drug-likeness (QED) is 0.766. The molecular formula is C19H20FNO3. The first-order chi connectivity index (χ1) is 11.5. The molecule has 1 atom stereocenters. The smallest absolute Gasteiger partial charge is 0.311 e. The van der Waals surface area contributed by atoms with Gasteiger partial charge in [0.25, 0.3) is 5.91 Å². The third kappa shape index (κ3) is 5.19. The number of hydrogen-bond donors (Lipinski definition) is 0. The van der Waals surface area contributed by atoms with Crippen LogP contribution in [0.25, 0.3) is 0 Å². The Bertz CT molecular complexity index is 703. The zero-order valence-electron chi connectivity index (χ0n) is 13.7. The molecule has 0 aliphatic heterocycles. The number of halogens is 1. The van der Waals surface area contributed by atoms with Crippen molar-refractivity contribution in [2.75, 3.05) is 7.05 Å². The Morgan fingerprint density at radius 3 is 2.42 bits per heavy atom. The van der Waals surface area contributed by atoms with Gasteiger partial charge in [-0.1, -0.05) is 42.5 Å². The number of nitrogens with zero attached hydrogens (tertiary/aromatic N) is 1. The van der Waals surface area contributed by atoms with Gasteiger partial charge in [0, 0.05) is 13.6 Å². The van der Waals surface area contributed by atoms with Crippen molar-refractivity contribution in [2.24, 2.45) is 0 Å². The van der Waals surface area contributed by atoms with Crippen molar-refractivity contribution in [3.8, 4) is 0 Å². The second-order valence-corrected chi connectivity index (χ2v) is 5.62. The molecular weight excluding hydrogens is 309 g/mol. The summed E-state index contributed by atoms with van der Waals surface area (Å²) in [4.78, 5) is 25.6. The molecule has 1 unspecified atom stereocenters. The molecule has 4 nitrogen and oxygen atoms in total. The molecule has 0 spiro atoms. The largest absolute Gasteiger partial charge is 0.452 e. The molecule has 2 rings (SSSR count). The standard InChI is InChI=1S/C19H20FNO3/c1-14(24-18(22)12-15-7-4-3-5-8-15)19(23)21(2)13-16-9-6-10-17(20)11-16/h3-11,14H,12-13H2,1-2H3. The molecule has 0 fully saturated rings. The Hall–Kier alpha value is -2.69. The van der Waals surface area contributed by atoms with E-state index in [2.05, 4.69) is 0 Å². The number of carbonyl (C=O) groups is 2. The Morgan fingerprint density at radius 1 is 1.08 bits per heavy atom. The molecule has 2 aromatic rings. The molecule has 2 aromatic carbocycles. The van der Waals surface area contributed by atoms with Crippen LogP contribution in [0.1, 0.15) is 18.1 Å². The molecule has 0 bridgehead atoms. The average Bonchev–Trinajstić information content (AvgIpc) is 2.54. The number of benzene rings is 2. The lowest BCUT2D eigenvalue weighted by molar-refractivity contribution is -0.158. The zero-order chi connectivity index (χ0) is 17.5. The van der Waals surface area contributed by atoms with Crippen molar-refractivity contribution in [3.05, 3.63) is 71.5 Å². The highest BCUT2D eigenvalue weighted by molar-refractivity contribution is 5.83. The second kappa shape index (κ2) is 8.24. The van der Waals surface area contributed by atoms with Crippen LogP contribution in [-0.4, -0.2) is 29.9 Å². The van der Waals surface area contributed by atoms with Gasteiger partial charge >= 0.3 is 5.97 Å². The normalized spacial score (nSPS) is 11.6. The van der Waals surface area contributed by atoms with Gasteiger partial charge in [0.05, 0.1) is 6.42 Å². The van der Waals surface area contributed by atoms with Crippen LogP contribution in [0.5, 0.6) is 0 Å². The van der Waals surface area contributed by atoms with Crippen molar-refractivity contribution >= 4 is 11.9 Å². The van der Waals surface area contributed by atoms with Crippen molar-refractivity contribution < 1.29 is 18.7 Å². The fourth-order valence-corrected chi connectivity index (χ4v) is 2.35. The summed E-state index contributed by atoms with van der Waals surface area (Å²) in [5, 5.41) is 0. The van der Waals surface area contributed by atoms with Gasteiger partial charge in [0.2, 0.25) is 0 Å². The molecule has 0 saturated heterocycles. The summed E-state index contributed by atoms with van der Waals surface area (Å²) in [5.74, 6) is -1.14. The second-order valence-electron chi connectivity index (χ2n) is 5.62. The highest BCUT2D eigenvalue weighted by Gasteiger charge is 2.21. The topological polar surface area (TPSA) is 46.6 Å². The lowest BCUT2D eigenvalue weighted by atomic mass is 10.1. The minimum absolute atomic E-state index is 0.117. The minimum Gasteiger partial charge on any atom is -0.452 e. The van der Waals surface area contributed by atoms with E-state index in [0.29, 0.717) is 5.56 Å². The third-order valence-electron chi connectivity index (χ3n) is 3.53. The van der Waals surface area contributed by atoms with Crippen LogP contribution in [0.4, 0.5) is 4.39 Å². The fraction of sp³-hybridized carbons (Fsp3) is 0.263. The number of ether oxygens (including phenoxy) is 1. The van der Waals surface area contributed by atoms with Crippen LogP contribution in [0.2, 0.25) is 0 Å². The lowest BCUT2D eigenvalue weighted by Crippen LogP contribution is -2.37. The number of esters is 1. The lowest BCUT2D eigenvalue weighted by Gasteiger charge is -2.21. The van der Waals surface area contributed by atoms with Gasteiger partial charge in [0.15, 0.2) is 6.10 Å². The highest BCUT2D eigenvalue weighted by atomic mass is 19.1. The van der Waals surface area contributed by atoms with Crippen molar-refractivity contribution in [1.82, 2.24) is 4.90 Å². The number of carbonyl (C=O) groups excluding carboxylic acids is 2. The molecule has 24 heavy (non-hydrogen) atoms. The summed E-state index contributed by atoms with van der Waals surface area (Å²) in [6.45, 7) is 1.78. The van der Waals surface area contributed by atoms with Crippen LogP contribution in [0, 0.1) is 5.82 Å². The van der Waals surface area contributed by atoms with Crippen molar-refractivity contribution in [2.45, 2.75) is 26.0 Å². The molecule has 0 saturated carbocycles. The maximum atomic E-state index is 13.2. The summed E-state index contributed by atoms with van der Waals surface area (Å²) in [6, 6.07) is 15.2. The van der Waals surface area contributed by atoms with Gasteiger partial charge in [0.1, 0.15) is 5.82 Å². The van der Waals surface area contributed by atoms with Gasteiger partial charge in [-0.2, -0.15) is 0 Å². The SMILES string of the molecule is CC(OC(=O)Cc1ccccc1)C(=O)N(C)Cc1cccc(F)c1. The highest BCUT2D eigenvalue weighted by Crippen LogP contribution is 2.09. The van der Waals surface area contributed by atoms with E-state index in [4.69, 9.17) is 4.74 Å². The first-order valence-electron chi connectivity index (χ1n) is 7.68. The average molecular weight is 329 g/mol. The van der Waals surface area contributed by atoms with E-state index in [-0.39, 0.29) is 24.7 Å². The number of likely N-dealkylation sites (N-methyl/N-ethyl adjacent to an activating group) is 1. The third-order valence-corrected chi connectivity index (χ3v) is 3.53. The monoisotopic (exact) mass is 329 g/mol. The van der Waals surface area contributed by atoms with E-state index >= 15 is 0 Å². The molecule has 0 aliphatic carbocycles. The number of rotatable bonds is 6. The maximum Gasteiger partial charge on any atom is 0.311 e. The molecule has 126 valence electrons. The predicted molar refractivity (Wildman–Crippen MR) is 88.6 cm³/mol. The predicted octanol–water partition coefficient (Wildman–Crippen LogP) is 2.96. The first-order valence-corrected chi connectivity index (χ1v) is 7.68. The van der Waals surface area contributed by atoms with Gasteiger partial charge in [-0.3, -0.25) is 9.59 Å². The van der Waals surface area contributed by atoms with E-state index < -0.39 is 12.1 Å². The summed E-state index contributed by atoms with van der Waals surface area (Å²) < 4.78 is 18.4. The maximum absolute atomic E-state index is 13.2. The van der Waals surface area contributed by atoms with Gasteiger partial charge < -0.3 is 9.64 Å². The van der Waals surface area contributed by atoms with Gasteiger partial charge in [-0.05, 0) is 30.2 Å². The summed E-state index contributed by atoms with van der Waals surface area (Å²) in [6.07, 6.45) is -0.772. The van der Waals surface area contributed by atoms with E-state index in [0.717, 1.165) is 5.56 Å². The minimum atomic E-state index is -0.889. The molecule has 0 aromatic heterocycles. The first kappa shape index (κ1) is 17.7. The van der Waals surface area contributed by atoms with Crippen molar-refractivity contribution in [1.29, 1.82) is 0 Å². The van der Waals surface area contributed by atoms with Crippen LogP contribution in [-0.2, 0) is 27.3 Å². The Morgan fingerprint density at radius 2 is 1.75 bits per heavy atom. The van der Waals surface area contributed by atoms with Crippen molar-refractivity contribution in [3.63, 3.8) is 0 Å². The van der Waals surface area contributed by atoms with E-state index in [9.17, 15) is 14.0 Å². The zero-order valence-corrected chi connectivity index (χ0v) is 13.7. The Kier molecular flexibility index (Phi) is 6.07. The van der Waals surface area contributed by atoms with E-state index in [1.807, 2.05) is 30.3 Å². The van der Waals surface area contributed by atoms with Crippen LogP contribution in [0.3, 0.4) is 0 Å². The van der Waals surface area contributed by atoms with Crippen LogP contribution in [0.15, 0.2) is 54.6 Å². The molecule has 0 aliphatic rings. The van der Waals surface area contributed by atoms with Gasteiger partial charge in [-0.15, -0.1) is 0 Å². The van der Waals surface area contributed by atoms with E-state index in [1.54, 1.807) is 19.2 Å². The molecule has 0 N–H and O–H groups in total. The molecule has 5 heteroatoms. The van der Waals surface area contributed by atoms with Crippen LogP contribution < -0.4 is 0 Å². The van der Waals surface area contributed by atoms with E-state index in [1.165, 1.54) is 24.0 Å². The molecule has 0 radical (unpaired) electrons. The Balaban J connectivity index is 1.87. The molecule has 0 heterocycles. The Labute approximate surface area is 140 Å². The molecule has 1 amide bonds. The van der Waals surface area contributed by atoms with Gasteiger partial charge in [-0.25, -0.2) is 4.39 Å². The van der Waals surface area contributed by atoms with Crippen LogP contribution >= 0.6 is 0 Å². The summed E-state index contributed by atoms with van der Waals surface area (Å²) in [5.41, 5.74) is 1.50. The number of hydrogen-bond acceptors (Lipinski definition) is 3.